The van der Waals surface area contributed by atoms with E-state index in [1.807, 2.05) is 0 Å². The molecule has 0 aliphatic heterocycles. The minimum absolute atomic E-state index is 0.0273. The van der Waals surface area contributed by atoms with Crippen molar-refractivity contribution in [2.45, 2.75) is 13.0 Å². The molecule has 26 heavy (non-hydrogen) atoms. The van der Waals surface area contributed by atoms with Crippen molar-refractivity contribution in [3.63, 3.8) is 0 Å². The Morgan fingerprint density at radius 1 is 1.08 bits per heavy atom. The average Bonchev–Trinajstić information content (AvgIpc) is 2.64. The second-order valence-electron chi connectivity index (χ2n) is 5.44. The molecule has 0 amide bonds. The summed E-state index contributed by atoms with van der Waals surface area (Å²) in [6.07, 6.45) is 0.0674. The van der Waals surface area contributed by atoms with Crippen LogP contribution in [0.4, 0.5) is 0 Å². The Morgan fingerprint density at radius 2 is 1.73 bits per heavy atom. The molecular weight excluding hydrogens is 340 g/mol. The van der Waals surface area contributed by atoms with Crippen LogP contribution in [0.5, 0.6) is 23.0 Å². The number of fused-ring (bicyclic) bond motifs is 1. The van der Waals surface area contributed by atoms with E-state index in [9.17, 15) is 14.7 Å². The molecule has 0 unspecified atom stereocenters. The first-order valence-corrected chi connectivity index (χ1v) is 7.73. The van der Waals surface area contributed by atoms with Gasteiger partial charge in [-0.2, -0.15) is 0 Å². The summed E-state index contributed by atoms with van der Waals surface area (Å²) in [6, 6.07) is 11.2. The van der Waals surface area contributed by atoms with Crippen molar-refractivity contribution in [3.8, 4) is 23.0 Å². The van der Waals surface area contributed by atoms with E-state index in [0.717, 1.165) is 0 Å². The molecule has 134 valence electrons. The normalized spacial score (nSPS) is 11.8. The summed E-state index contributed by atoms with van der Waals surface area (Å²) in [5, 5.41) is 11.0. The predicted molar refractivity (Wildman–Crippen MR) is 90.6 cm³/mol. The number of hydrogen-bond donors (Lipinski definition) is 0. The zero-order valence-corrected chi connectivity index (χ0v) is 14.1. The van der Waals surface area contributed by atoms with Crippen LogP contribution in [0, 0.1) is 0 Å². The molecule has 0 aliphatic carbocycles. The highest BCUT2D eigenvalue weighted by Crippen LogP contribution is 2.25. The molecule has 0 spiro atoms. The van der Waals surface area contributed by atoms with Gasteiger partial charge in [-0.15, -0.1) is 0 Å². The van der Waals surface area contributed by atoms with Gasteiger partial charge in [0.25, 0.3) is 0 Å². The quantitative estimate of drug-likeness (QED) is 0.668. The fraction of sp³-hybridized carbons (Fsp3) is 0.158. The first-order valence-electron chi connectivity index (χ1n) is 7.73. The van der Waals surface area contributed by atoms with Crippen molar-refractivity contribution < 1.29 is 28.5 Å². The zero-order chi connectivity index (χ0) is 18.7. The number of rotatable bonds is 6. The highest BCUT2D eigenvalue weighted by molar-refractivity contribution is 5.79. The van der Waals surface area contributed by atoms with Gasteiger partial charge in [-0.3, -0.25) is 4.79 Å². The number of carbonyl (C=O) groups is 1. The maximum Gasteiger partial charge on any atom is 0.235 e. The zero-order valence-electron chi connectivity index (χ0n) is 14.1. The van der Waals surface area contributed by atoms with E-state index in [1.54, 1.807) is 31.4 Å². The molecule has 0 bridgehead atoms. The average molecular weight is 355 g/mol. The van der Waals surface area contributed by atoms with Crippen molar-refractivity contribution in [3.05, 3.63) is 59.0 Å². The summed E-state index contributed by atoms with van der Waals surface area (Å²) in [4.78, 5) is 23.3. The molecular formula is C19H15O7-. The van der Waals surface area contributed by atoms with Crippen molar-refractivity contribution in [1.82, 2.24) is 0 Å². The molecule has 0 saturated heterocycles. The van der Waals surface area contributed by atoms with E-state index in [2.05, 4.69) is 0 Å². The number of hydrogen-bond acceptors (Lipinski definition) is 7. The molecule has 1 heterocycles. The smallest absolute Gasteiger partial charge is 0.235 e. The van der Waals surface area contributed by atoms with E-state index in [0.29, 0.717) is 11.5 Å². The molecule has 7 heteroatoms. The first kappa shape index (κ1) is 17.3. The number of carbonyl (C=O) groups excluding carboxylic acids is 1. The lowest BCUT2D eigenvalue weighted by Gasteiger charge is -2.15. The Morgan fingerprint density at radius 3 is 2.38 bits per heavy atom. The van der Waals surface area contributed by atoms with Gasteiger partial charge < -0.3 is 28.5 Å². The van der Waals surface area contributed by atoms with Gasteiger partial charge in [0, 0.05) is 6.07 Å². The van der Waals surface area contributed by atoms with E-state index in [4.69, 9.17) is 18.6 Å². The summed E-state index contributed by atoms with van der Waals surface area (Å²) in [7, 11) is 1.56. The minimum atomic E-state index is -1.34. The Bertz CT molecular complexity index is 989. The van der Waals surface area contributed by atoms with Gasteiger partial charge >= 0.3 is 0 Å². The van der Waals surface area contributed by atoms with Gasteiger partial charge in [-0.1, -0.05) is 0 Å². The molecule has 3 aromatic rings. The van der Waals surface area contributed by atoms with Crippen LogP contribution < -0.4 is 24.7 Å². The molecule has 0 aliphatic rings. The van der Waals surface area contributed by atoms with Crippen LogP contribution in [-0.2, 0) is 4.79 Å². The van der Waals surface area contributed by atoms with Crippen LogP contribution >= 0.6 is 0 Å². The number of carboxylic acids is 1. The topological polar surface area (TPSA) is 98.0 Å². The number of methoxy groups -OCH3 is 1. The molecule has 0 fully saturated rings. The maximum absolute atomic E-state index is 12.5. The molecule has 3 rings (SSSR count). The van der Waals surface area contributed by atoms with E-state index >= 15 is 0 Å². The SMILES string of the molecule is COc1ccc(Oc2coc3cc(O[C@H](C)C(=O)[O-])ccc3c2=O)cc1. The highest BCUT2D eigenvalue weighted by Gasteiger charge is 2.12. The second-order valence-corrected chi connectivity index (χ2v) is 5.44. The fourth-order valence-electron chi connectivity index (χ4n) is 2.26. The van der Waals surface area contributed by atoms with Gasteiger partial charge in [0.1, 0.15) is 35.2 Å². The number of ether oxygens (including phenoxy) is 3. The standard InChI is InChI=1S/C19H16O7/c1-11(19(21)22)25-14-7-8-15-16(9-14)24-10-17(18(15)20)26-13-5-3-12(23-2)4-6-13/h3-11H,1-2H3,(H,21,22)/p-1/t11-/m1/s1. The summed E-state index contributed by atoms with van der Waals surface area (Å²) in [6.45, 7) is 1.35. The lowest BCUT2D eigenvalue weighted by molar-refractivity contribution is -0.312. The minimum Gasteiger partial charge on any atom is -0.546 e. The Balaban J connectivity index is 1.88. The lowest BCUT2D eigenvalue weighted by Crippen LogP contribution is -2.37. The lowest BCUT2D eigenvalue weighted by atomic mass is 10.2. The molecule has 1 aromatic heterocycles. The molecule has 2 aromatic carbocycles. The van der Waals surface area contributed by atoms with E-state index < -0.39 is 12.1 Å². The third-order valence-corrected chi connectivity index (χ3v) is 3.65. The van der Waals surface area contributed by atoms with Crippen LogP contribution in [0.1, 0.15) is 6.92 Å². The van der Waals surface area contributed by atoms with Crippen molar-refractivity contribution in [2.24, 2.45) is 0 Å². The summed E-state index contributed by atoms with van der Waals surface area (Å²) in [5.41, 5.74) is -0.110. The van der Waals surface area contributed by atoms with Crippen LogP contribution in [0.3, 0.4) is 0 Å². The van der Waals surface area contributed by atoms with Gasteiger partial charge in [-0.05, 0) is 43.3 Å². The number of aliphatic carboxylic acids is 1. The van der Waals surface area contributed by atoms with Gasteiger partial charge in [-0.25, -0.2) is 0 Å². The molecule has 0 N–H and O–H groups in total. The van der Waals surface area contributed by atoms with Crippen molar-refractivity contribution in [1.29, 1.82) is 0 Å². The third kappa shape index (κ3) is 3.61. The van der Waals surface area contributed by atoms with Crippen LogP contribution in [0.25, 0.3) is 11.0 Å². The number of benzene rings is 2. The first-order chi connectivity index (χ1) is 12.5. The monoisotopic (exact) mass is 355 g/mol. The van der Waals surface area contributed by atoms with Crippen LogP contribution in [0.2, 0.25) is 0 Å². The molecule has 7 nitrogen and oxygen atoms in total. The van der Waals surface area contributed by atoms with Crippen LogP contribution in [-0.4, -0.2) is 19.2 Å². The van der Waals surface area contributed by atoms with Crippen molar-refractivity contribution >= 4 is 16.9 Å². The molecule has 1 atom stereocenters. The van der Waals surface area contributed by atoms with Gasteiger partial charge in [0.05, 0.1) is 18.5 Å². The predicted octanol–water partition coefficient (Wildman–Crippen LogP) is 2.11. The summed E-state index contributed by atoms with van der Waals surface area (Å²) >= 11 is 0. The second kappa shape index (κ2) is 7.18. The van der Waals surface area contributed by atoms with Crippen molar-refractivity contribution in [2.75, 3.05) is 7.11 Å². The third-order valence-electron chi connectivity index (χ3n) is 3.65. The van der Waals surface area contributed by atoms with E-state index in [1.165, 1.54) is 31.4 Å². The maximum atomic E-state index is 12.5. The largest absolute Gasteiger partial charge is 0.546 e. The fourth-order valence-corrected chi connectivity index (χ4v) is 2.26. The Kier molecular flexibility index (Phi) is 4.79. The molecule has 0 saturated carbocycles. The Labute approximate surface area is 148 Å². The highest BCUT2D eigenvalue weighted by atomic mass is 16.5. The van der Waals surface area contributed by atoms with Gasteiger partial charge in [0.2, 0.25) is 11.2 Å². The molecule has 0 radical (unpaired) electrons. The number of carboxylic acid groups (broad SMARTS) is 1. The summed E-state index contributed by atoms with van der Waals surface area (Å²) < 4.78 is 21.3. The summed E-state index contributed by atoms with van der Waals surface area (Å²) in [5.74, 6) is 0.0665. The van der Waals surface area contributed by atoms with E-state index in [-0.39, 0.29) is 27.9 Å². The Hall–Kier alpha value is -3.48. The van der Waals surface area contributed by atoms with Gasteiger partial charge in [0.15, 0.2) is 0 Å². The van der Waals surface area contributed by atoms with Crippen LogP contribution in [0.15, 0.2) is 57.9 Å².